The van der Waals surface area contributed by atoms with Crippen molar-refractivity contribution in [2.45, 2.75) is 37.8 Å². The highest BCUT2D eigenvalue weighted by molar-refractivity contribution is 5.74. The monoisotopic (exact) mass is 341 g/mol. The van der Waals surface area contributed by atoms with Gasteiger partial charge in [0.2, 0.25) is 0 Å². The van der Waals surface area contributed by atoms with Crippen LogP contribution in [0, 0.1) is 0 Å². The molecule has 1 unspecified atom stereocenters. The number of amides is 2. The van der Waals surface area contributed by atoms with E-state index in [9.17, 15) is 4.79 Å². The third kappa shape index (κ3) is 4.20. The van der Waals surface area contributed by atoms with Crippen LogP contribution in [0.1, 0.15) is 26.2 Å². The molecule has 0 aromatic rings. The number of carbonyl (C=O) groups excluding carboxylic acids is 1. The molecule has 1 atom stereocenters. The molecule has 3 aliphatic rings. The van der Waals surface area contributed by atoms with Gasteiger partial charge in [-0.15, -0.1) is 0 Å². The molecule has 0 spiro atoms. The standard InChI is InChI=1S/C17H31N3O4/c1-15-2-8-22-13-7-20(15)16(21)18-14-17(3-9-23-10-4-17)19-5-11-24-12-6-19/h15H,2-14H2,1H3,(H,18,21). The summed E-state index contributed by atoms with van der Waals surface area (Å²) in [6.45, 7) is 9.75. The maximum atomic E-state index is 12.7. The van der Waals surface area contributed by atoms with Crippen molar-refractivity contribution in [3.63, 3.8) is 0 Å². The fourth-order valence-corrected chi connectivity index (χ4v) is 3.93. The van der Waals surface area contributed by atoms with Gasteiger partial charge >= 0.3 is 6.03 Å². The van der Waals surface area contributed by atoms with Gasteiger partial charge in [-0.3, -0.25) is 4.90 Å². The third-order valence-electron chi connectivity index (χ3n) is 5.62. The smallest absolute Gasteiger partial charge is 0.317 e. The predicted octanol–water partition coefficient (Wildman–Crippen LogP) is 0.688. The van der Waals surface area contributed by atoms with E-state index in [0.717, 1.165) is 65.4 Å². The average Bonchev–Trinajstić information content (AvgIpc) is 2.86. The highest BCUT2D eigenvalue weighted by Crippen LogP contribution is 2.28. The quantitative estimate of drug-likeness (QED) is 0.818. The van der Waals surface area contributed by atoms with Gasteiger partial charge in [0.05, 0.1) is 19.8 Å². The van der Waals surface area contributed by atoms with E-state index >= 15 is 0 Å². The molecule has 7 heteroatoms. The first kappa shape index (κ1) is 17.9. The van der Waals surface area contributed by atoms with E-state index in [1.165, 1.54) is 0 Å². The highest BCUT2D eigenvalue weighted by Gasteiger charge is 2.39. The lowest BCUT2D eigenvalue weighted by molar-refractivity contribution is -0.0694. The third-order valence-corrected chi connectivity index (χ3v) is 5.62. The summed E-state index contributed by atoms with van der Waals surface area (Å²) >= 11 is 0. The van der Waals surface area contributed by atoms with E-state index in [-0.39, 0.29) is 17.6 Å². The van der Waals surface area contributed by atoms with E-state index < -0.39 is 0 Å². The van der Waals surface area contributed by atoms with Crippen LogP contribution in [0.4, 0.5) is 4.79 Å². The van der Waals surface area contributed by atoms with Crippen LogP contribution in [0.3, 0.4) is 0 Å². The Balaban J connectivity index is 1.61. The largest absolute Gasteiger partial charge is 0.381 e. The summed E-state index contributed by atoms with van der Waals surface area (Å²) in [5.74, 6) is 0. The summed E-state index contributed by atoms with van der Waals surface area (Å²) in [4.78, 5) is 17.1. The molecule has 0 bridgehead atoms. The summed E-state index contributed by atoms with van der Waals surface area (Å²) in [5, 5.41) is 3.21. The number of nitrogens with zero attached hydrogens (tertiary/aromatic N) is 2. The van der Waals surface area contributed by atoms with Gasteiger partial charge in [-0.05, 0) is 26.2 Å². The summed E-state index contributed by atoms with van der Waals surface area (Å²) in [6.07, 6.45) is 2.83. The minimum absolute atomic E-state index is 0.00325. The number of urea groups is 1. The van der Waals surface area contributed by atoms with Crippen LogP contribution in [-0.2, 0) is 14.2 Å². The molecule has 3 fully saturated rings. The molecule has 7 nitrogen and oxygen atoms in total. The molecule has 3 heterocycles. The Kier molecular flexibility index (Phi) is 6.32. The number of nitrogens with one attached hydrogen (secondary N) is 1. The van der Waals surface area contributed by atoms with Crippen LogP contribution in [0.5, 0.6) is 0 Å². The molecule has 0 aliphatic carbocycles. The normalized spacial score (nSPS) is 29.0. The van der Waals surface area contributed by atoms with Crippen molar-refractivity contribution in [3.8, 4) is 0 Å². The highest BCUT2D eigenvalue weighted by atomic mass is 16.5. The van der Waals surface area contributed by atoms with Crippen molar-refractivity contribution in [1.82, 2.24) is 15.1 Å². The van der Waals surface area contributed by atoms with Crippen molar-refractivity contribution >= 4 is 6.03 Å². The van der Waals surface area contributed by atoms with Crippen molar-refractivity contribution in [2.75, 3.05) is 65.8 Å². The van der Waals surface area contributed by atoms with E-state index in [2.05, 4.69) is 17.1 Å². The Hall–Kier alpha value is -0.890. The SMILES string of the molecule is CC1CCOCCN1C(=O)NCC1(N2CCOCC2)CCOCC1. The number of carbonyl (C=O) groups is 1. The van der Waals surface area contributed by atoms with Crippen LogP contribution in [-0.4, -0.2) is 93.2 Å². The molecule has 3 aliphatic heterocycles. The summed E-state index contributed by atoms with van der Waals surface area (Å²) in [7, 11) is 0. The molecule has 3 saturated heterocycles. The second kappa shape index (κ2) is 8.47. The average molecular weight is 341 g/mol. The Morgan fingerprint density at radius 3 is 2.38 bits per heavy atom. The molecule has 0 radical (unpaired) electrons. The van der Waals surface area contributed by atoms with Gasteiger partial charge in [0, 0.05) is 57.6 Å². The fourth-order valence-electron chi connectivity index (χ4n) is 3.93. The first-order valence-corrected chi connectivity index (χ1v) is 9.24. The van der Waals surface area contributed by atoms with Crippen molar-refractivity contribution in [3.05, 3.63) is 0 Å². The van der Waals surface area contributed by atoms with Crippen molar-refractivity contribution in [2.24, 2.45) is 0 Å². The van der Waals surface area contributed by atoms with Gasteiger partial charge in [-0.25, -0.2) is 4.79 Å². The number of rotatable bonds is 3. The molecule has 0 aromatic carbocycles. The van der Waals surface area contributed by atoms with E-state index in [4.69, 9.17) is 14.2 Å². The van der Waals surface area contributed by atoms with Crippen LogP contribution in [0.25, 0.3) is 0 Å². The molecule has 2 amide bonds. The van der Waals surface area contributed by atoms with Gasteiger partial charge in [-0.1, -0.05) is 0 Å². The summed E-state index contributed by atoms with van der Waals surface area (Å²) < 4.78 is 16.6. The molecule has 0 saturated carbocycles. The topological polar surface area (TPSA) is 63.3 Å². The summed E-state index contributed by atoms with van der Waals surface area (Å²) in [6, 6.07) is 0.258. The zero-order valence-electron chi connectivity index (χ0n) is 14.8. The summed E-state index contributed by atoms with van der Waals surface area (Å²) in [5.41, 5.74) is 0.00325. The fraction of sp³-hybridized carbons (Fsp3) is 0.941. The maximum absolute atomic E-state index is 12.7. The van der Waals surface area contributed by atoms with E-state index in [1.807, 2.05) is 4.90 Å². The molecule has 1 N–H and O–H groups in total. The molecular weight excluding hydrogens is 310 g/mol. The van der Waals surface area contributed by atoms with Gasteiger partial charge in [-0.2, -0.15) is 0 Å². The van der Waals surface area contributed by atoms with Crippen LogP contribution in [0.2, 0.25) is 0 Å². The van der Waals surface area contributed by atoms with Gasteiger partial charge in [0.15, 0.2) is 0 Å². The first-order chi connectivity index (χ1) is 11.7. The lowest BCUT2D eigenvalue weighted by atomic mass is 9.87. The second-order valence-corrected chi connectivity index (χ2v) is 7.04. The van der Waals surface area contributed by atoms with Crippen molar-refractivity contribution in [1.29, 1.82) is 0 Å². The minimum atomic E-state index is 0.00325. The Morgan fingerprint density at radius 2 is 1.62 bits per heavy atom. The Labute approximate surface area is 144 Å². The number of morpholine rings is 1. The first-order valence-electron chi connectivity index (χ1n) is 9.24. The second-order valence-electron chi connectivity index (χ2n) is 7.04. The number of hydrogen-bond donors (Lipinski definition) is 1. The number of ether oxygens (including phenoxy) is 3. The minimum Gasteiger partial charge on any atom is -0.381 e. The Bertz CT molecular complexity index is 409. The van der Waals surface area contributed by atoms with Crippen LogP contribution >= 0.6 is 0 Å². The van der Waals surface area contributed by atoms with E-state index in [1.54, 1.807) is 0 Å². The van der Waals surface area contributed by atoms with Gasteiger partial charge in [0.25, 0.3) is 0 Å². The Morgan fingerprint density at radius 1 is 1.00 bits per heavy atom. The van der Waals surface area contributed by atoms with Gasteiger partial charge in [0.1, 0.15) is 0 Å². The van der Waals surface area contributed by atoms with Gasteiger partial charge < -0.3 is 24.4 Å². The lowest BCUT2D eigenvalue weighted by Gasteiger charge is -2.48. The predicted molar refractivity (Wildman–Crippen MR) is 90.2 cm³/mol. The zero-order valence-corrected chi connectivity index (χ0v) is 14.8. The molecule has 0 aromatic heterocycles. The number of hydrogen-bond acceptors (Lipinski definition) is 5. The van der Waals surface area contributed by atoms with Crippen LogP contribution < -0.4 is 5.32 Å². The molecule has 138 valence electrons. The van der Waals surface area contributed by atoms with E-state index in [0.29, 0.717) is 19.7 Å². The molecule has 3 rings (SSSR count). The molecule has 24 heavy (non-hydrogen) atoms. The van der Waals surface area contributed by atoms with Crippen LogP contribution in [0.15, 0.2) is 0 Å². The maximum Gasteiger partial charge on any atom is 0.317 e. The zero-order chi connectivity index (χ0) is 16.8. The molecular formula is C17H31N3O4. The van der Waals surface area contributed by atoms with Crippen molar-refractivity contribution < 1.29 is 19.0 Å². The lowest BCUT2D eigenvalue weighted by Crippen LogP contribution is -2.62.